The Morgan fingerprint density at radius 2 is 1.85 bits per heavy atom. The molecule has 27 heavy (non-hydrogen) atoms. The predicted molar refractivity (Wildman–Crippen MR) is 109 cm³/mol. The Bertz CT molecular complexity index is 981. The van der Waals surface area contributed by atoms with Crippen molar-refractivity contribution in [3.8, 4) is 5.75 Å². The van der Waals surface area contributed by atoms with Crippen molar-refractivity contribution in [1.82, 2.24) is 9.97 Å². The molecular weight excluding hydrogens is 362 g/mol. The maximum absolute atomic E-state index is 12.6. The maximum atomic E-state index is 12.6. The molecule has 0 saturated carbocycles. The van der Waals surface area contributed by atoms with Crippen LogP contribution in [0.4, 0.5) is 11.6 Å². The van der Waals surface area contributed by atoms with Gasteiger partial charge in [-0.05, 0) is 50.6 Å². The second-order valence-electron chi connectivity index (χ2n) is 6.57. The number of nitrogens with zero attached hydrogens (tertiary/aromatic N) is 1. The maximum Gasteiger partial charge on any atom is 0.256 e. The number of ether oxygens (including phenoxy) is 1. The van der Waals surface area contributed by atoms with Crippen molar-refractivity contribution in [3.63, 3.8) is 0 Å². The number of H-pyrrole nitrogens is 1. The van der Waals surface area contributed by atoms with E-state index in [2.05, 4.69) is 15.3 Å². The summed E-state index contributed by atoms with van der Waals surface area (Å²) in [5.41, 5.74) is 2.90. The molecule has 0 fully saturated rings. The van der Waals surface area contributed by atoms with Gasteiger partial charge in [0.05, 0.1) is 17.5 Å². The Hall–Kier alpha value is -2.79. The van der Waals surface area contributed by atoms with Crippen LogP contribution in [0.1, 0.15) is 30.7 Å². The Morgan fingerprint density at radius 1 is 1.15 bits per heavy atom. The monoisotopic (exact) mass is 383 g/mol. The molecule has 5 nitrogen and oxygen atoms in total. The summed E-state index contributed by atoms with van der Waals surface area (Å²) in [5, 5.41) is 3.82. The highest BCUT2D eigenvalue weighted by molar-refractivity contribution is 6.30. The number of rotatable bonds is 6. The number of halogens is 1. The predicted octanol–water partition coefficient (Wildman–Crippen LogP) is 4.85. The van der Waals surface area contributed by atoms with Crippen LogP contribution < -0.4 is 15.6 Å². The van der Waals surface area contributed by atoms with E-state index in [1.165, 1.54) is 0 Å². The minimum atomic E-state index is -0.165. The van der Waals surface area contributed by atoms with Gasteiger partial charge >= 0.3 is 0 Å². The summed E-state index contributed by atoms with van der Waals surface area (Å²) in [6.45, 7) is 5.77. The molecule has 3 aromatic rings. The van der Waals surface area contributed by atoms with Crippen LogP contribution in [0.25, 0.3) is 0 Å². The topological polar surface area (TPSA) is 67.0 Å². The van der Waals surface area contributed by atoms with Crippen molar-refractivity contribution in [3.05, 3.63) is 80.7 Å². The Labute approximate surface area is 163 Å². The molecule has 2 N–H and O–H groups in total. The van der Waals surface area contributed by atoms with E-state index in [4.69, 9.17) is 16.3 Å². The van der Waals surface area contributed by atoms with Crippen molar-refractivity contribution in [1.29, 1.82) is 0 Å². The number of benzene rings is 2. The van der Waals surface area contributed by atoms with Crippen molar-refractivity contribution < 1.29 is 4.74 Å². The molecule has 0 aliphatic rings. The van der Waals surface area contributed by atoms with Gasteiger partial charge < -0.3 is 10.1 Å². The summed E-state index contributed by atoms with van der Waals surface area (Å²) in [7, 11) is 0. The molecule has 0 bridgehead atoms. The second-order valence-corrected chi connectivity index (χ2v) is 7.01. The standard InChI is InChI=1S/C21H22ClN3O2/c1-13(2)27-19-7-5-4-6-18(19)24-21-23-14(3)17(20(26)25-21)12-15-8-10-16(22)11-9-15/h4-11,13H,12H2,1-3H3,(H2,23,24,25,26). The molecule has 3 rings (SSSR count). The fourth-order valence-electron chi connectivity index (χ4n) is 2.74. The lowest BCUT2D eigenvalue weighted by molar-refractivity contribution is 0.244. The lowest BCUT2D eigenvalue weighted by Crippen LogP contribution is -2.19. The molecule has 140 valence electrons. The highest BCUT2D eigenvalue weighted by Crippen LogP contribution is 2.27. The molecule has 1 heterocycles. The van der Waals surface area contributed by atoms with Crippen molar-refractivity contribution in [2.45, 2.75) is 33.3 Å². The van der Waals surface area contributed by atoms with Crippen molar-refractivity contribution in [2.24, 2.45) is 0 Å². The van der Waals surface area contributed by atoms with Crippen LogP contribution in [0.2, 0.25) is 5.02 Å². The molecule has 0 aliphatic carbocycles. The first-order chi connectivity index (χ1) is 12.9. The van der Waals surface area contributed by atoms with E-state index in [-0.39, 0.29) is 11.7 Å². The van der Waals surface area contributed by atoms with E-state index in [1.807, 2.05) is 69.3 Å². The summed E-state index contributed by atoms with van der Waals surface area (Å²) in [5.74, 6) is 1.09. The number of nitrogens with one attached hydrogen (secondary N) is 2. The third-order valence-corrected chi connectivity index (χ3v) is 4.27. The fraction of sp³-hybridized carbons (Fsp3) is 0.238. The molecule has 0 unspecified atom stereocenters. The van der Waals surface area contributed by atoms with Crippen LogP contribution >= 0.6 is 11.6 Å². The Morgan fingerprint density at radius 3 is 2.52 bits per heavy atom. The molecule has 1 aromatic heterocycles. The zero-order valence-electron chi connectivity index (χ0n) is 15.5. The average Bonchev–Trinajstić information content (AvgIpc) is 2.61. The summed E-state index contributed by atoms with van der Waals surface area (Å²) in [4.78, 5) is 19.9. The zero-order valence-corrected chi connectivity index (χ0v) is 16.3. The van der Waals surface area contributed by atoms with Gasteiger partial charge in [-0.3, -0.25) is 9.78 Å². The molecule has 0 saturated heterocycles. The number of aromatic nitrogens is 2. The molecule has 0 spiro atoms. The molecule has 6 heteroatoms. The third kappa shape index (κ3) is 4.89. The molecule has 0 aliphatic heterocycles. The smallest absolute Gasteiger partial charge is 0.256 e. The summed E-state index contributed by atoms with van der Waals surface area (Å²) in [6, 6.07) is 15.0. The largest absolute Gasteiger partial charge is 0.489 e. The molecule has 0 atom stereocenters. The average molecular weight is 384 g/mol. The van der Waals surface area contributed by atoms with Crippen LogP contribution in [-0.4, -0.2) is 16.1 Å². The van der Waals surface area contributed by atoms with E-state index >= 15 is 0 Å². The molecule has 0 amide bonds. The SMILES string of the molecule is Cc1nc(Nc2ccccc2OC(C)C)[nH]c(=O)c1Cc1ccc(Cl)cc1. The first kappa shape index (κ1) is 19.0. The Balaban J connectivity index is 1.85. The normalized spacial score (nSPS) is 10.9. The summed E-state index contributed by atoms with van der Waals surface area (Å²) in [6.07, 6.45) is 0.544. The number of para-hydroxylation sites is 2. The van der Waals surface area contributed by atoms with Crippen LogP contribution in [0.3, 0.4) is 0 Å². The van der Waals surface area contributed by atoms with Gasteiger partial charge in [-0.2, -0.15) is 0 Å². The minimum absolute atomic E-state index is 0.0449. The van der Waals surface area contributed by atoms with Gasteiger partial charge in [0, 0.05) is 17.0 Å². The van der Waals surface area contributed by atoms with Gasteiger partial charge in [-0.1, -0.05) is 35.9 Å². The van der Waals surface area contributed by atoms with E-state index < -0.39 is 0 Å². The third-order valence-electron chi connectivity index (χ3n) is 4.02. The van der Waals surface area contributed by atoms with Gasteiger partial charge in [0.25, 0.3) is 5.56 Å². The van der Waals surface area contributed by atoms with E-state index in [1.54, 1.807) is 0 Å². The number of hydrogen-bond donors (Lipinski definition) is 2. The highest BCUT2D eigenvalue weighted by atomic mass is 35.5. The number of aryl methyl sites for hydroxylation is 1. The lowest BCUT2D eigenvalue weighted by atomic mass is 10.1. The van der Waals surface area contributed by atoms with Crippen molar-refractivity contribution in [2.75, 3.05) is 5.32 Å². The molecule has 0 radical (unpaired) electrons. The number of hydrogen-bond acceptors (Lipinski definition) is 4. The summed E-state index contributed by atoms with van der Waals surface area (Å²) >= 11 is 5.92. The number of anilines is 2. The van der Waals surface area contributed by atoms with Gasteiger partial charge in [0.1, 0.15) is 5.75 Å². The van der Waals surface area contributed by atoms with Gasteiger partial charge in [-0.15, -0.1) is 0 Å². The Kier molecular flexibility index (Phi) is 5.81. The van der Waals surface area contributed by atoms with Gasteiger partial charge in [0.2, 0.25) is 5.95 Å². The first-order valence-corrected chi connectivity index (χ1v) is 9.17. The zero-order chi connectivity index (χ0) is 19.4. The highest BCUT2D eigenvalue weighted by Gasteiger charge is 2.11. The van der Waals surface area contributed by atoms with E-state index in [9.17, 15) is 4.79 Å². The molecular formula is C21H22ClN3O2. The molecule has 2 aromatic carbocycles. The van der Waals surface area contributed by atoms with Crippen LogP contribution in [0, 0.1) is 6.92 Å². The van der Waals surface area contributed by atoms with Crippen LogP contribution in [0.5, 0.6) is 5.75 Å². The van der Waals surface area contributed by atoms with E-state index in [0.29, 0.717) is 34.4 Å². The van der Waals surface area contributed by atoms with Crippen molar-refractivity contribution >= 4 is 23.2 Å². The summed E-state index contributed by atoms with van der Waals surface area (Å²) < 4.78 is 5.80. The lowest BCUT2D eigenvalue weighted by Gasteiger charge is -2.15. The number of aromatic amines is 1. The van der Waals surface area contributed by atoms with Gasteiger partial charge in [-0.25, -0.2) is 4.98 Å². The second kappa shape index (κ2) is 8.27. The van der Waals surface area contributed by atoms with Gasteiger partial charge in [0.15, 0.2) is 0 Å². The quantitative estimate of drug-likeness (QED) is 0.638. The minimum Gasteiger partial charge on any atom is -0.489 e. The van der Waals surface area contributed by atoms with Crippen LogP contribution in [0.15, 0.2) is 53.3 Å². The fourth-order valence-corrected chi connectivity index (χ4v) is 2.86. The first-order valence-electron chi connectivity index (χ1n) is 8.79. The van der Waals surface area contributed by atoms with E-state index in [0.717, 1.165) is 11.3 Å². The van der Waals surface area contributed by atoms with Crippen LogP contribution in [-0.2, 0) is 6.42 Å².